The van der Waals surface area contributed by atoms with Gasteiger partial charge in [0.05, 0.1) is 0 Å². The Morgan fingerprint density at radius 1 is 1.17 bits per heavy atom. The van der Waals surface area contributed by atoms with Gasteiger partial charge in [0.15, 0.2) is 0 Å². The molecule has 3 nitrogen and oxygen atoms in total. The van der Waals surface area contributed by atoms with Gasteiger partial charge < -0.3 is 15.5 Å². The van der Waals surface area contributed by atoms with Crippen molar-refractivity contribution in [2.24, 2.45) is 5.92 Å². The first-order valence-corrected chi connectivity index (χ1v) is 8.56. The van der Waals surface area contributed by atoms with Gasteiger partial charge in [-0.1, -0.05) is 30.3 Å². The summed E-state index contributed by atoms with van der Waals surface area (Å²) in [6.07, 6.45) is 0. The minimum absolute atomic E-state index is 0.665. The molecule has 2 heterocycles. The van der Waals surface area contributed by atoms with E-state index in [1.165, 1.54) is 34.6 Å². The quantitative estimate of drug-likeness (QED) is 0.910. The van der Waals surface area contributed by atoms with Crippen LogP contribution in [0.2, 0.25) is 0 Å². The van der Waals surface area contributed by atoms with Crippen LogP contribution in [0.25, 0.3) is 0 Å². The standard InChI is InChI=1S/C20H25N3/c1-14-8-17(22-10-15-6-4-3-5-7-15)9-18-19-12-21-11-16(19)13-23(2)20(14)18/h3-9,16,19,21-22H,10-13H2,1-2H3/t16-,19-/m1/s1. The number of aryl methyl sites for hydroxylation is 1. The molecule has 3 heteroatoms. The number of anilines is 2. The van der Waals surface area contributed by atoms with Crippen LogP contribution in [0.5, 0.6) is 0 Å². The van der Waals surface area contributed by atoms with Crippen LogP contribution in [-0.4, -0.2) is 26.7 Å². The maximum atomic E-state index is 3.61. The second kappa shape index (κ2) is 5.89. The molecule has 2 aliphatic heterocycles. The lowest BCUT2D eigenvalue weighted by Gasteiger charge is -2.37. The Kier molecular flexibility index (Phi) is 3.74. The predicted molar refractivity (Wildman–Crippen MR) is 97.3 cm³/mol. The average molecular weight is 307 g/mol. The first-order chi connectivity index (χ1) is 11.2. The van der Waals surface area contributed by atoms with Gasteiger partial charge in [-0.15, -0.1) is 0 Å². The third kappa shape index (κ3) is 2.70. The first kappa shape index (κ1) is 14.6. The minimum Gasteiger partial charge on any atom is -0.381 e. The van der Waals surface area contributed by atoms with Crippen molar-refractivity contribution in [2.45, 2.75) is 19.4 Å². The maximum absolute atomic E-state index is 3.61. The fourth-order valence-electron chi connectivity index (χ4n) is 4.24. The van der Waals surface area contributed by atoms with E-state index in [0.717, 1.165) is 25.6 Å². The number of hydrogen-bond acceptors (Lipinski definition) is 3. The number of benzene rings is 2. The number of hydrogen-bond donors (Lipinski definition) is 2. The molecule has 0 radical (unpaired) electrons. The Labute approximate surface area is 138 Å². The van der Waals surface area contributed by atoms with E-state index in [2.05, 4.69) is 72.0 Å². The van der Waals surface area contributed by atoms with Gasteiger partial charge in [-0.25, -0.2) is 0 Å². The van der Waals surface area contributed by atoms with E-state index in [0.29, 0.717) is 5.92 Å². The Balaban J connectivity index is 1.62. The molecule has 2 aliphatic rings. The fourth-order valence-corrected chi connectivity index (χ4v) is 4.24. The minimum atomic E-state index is 0.665. The predicted octanol–water partition coefficient (Wildman–Crippen LogP) is 3.36. The molecule has 0 aliphatic carbocycles. The molecule has 0 saturated carbocycles. The summed E-state index contributed by atoms with van der Waals surface area (Å²) in [7, 11) is 2.23. The maximum Gasteiger partial charge on any atom is 0.0430 e. The second-order valence-corrected chi connectivity index (χ2v) is 6.98. The molecular weight excluding hydrogens is 282 g/mol. The highest BCUT2D eigenvalue weighted by atomic mass is 15.1. The van der Waals surface area contributed by atoms with Crippen LogP contribution in [0.15, 0.2) is 42.5 Å². The van der Waals surface area contributed by atoms with Crippen molar-refractivity contribution < 1.29 is 0 Å². The van der Waals surface area contributed by atoms with E-state index in [4.69, 9.17) is 0 Å². The van der Waals surface area contributed by atoms with Crippen LogP contribution in [-0.2, 0) is 6.54 Å². The first-order valence-electron chi connectivity index (χ1n) is 8.56. The normalized spacial score (nSPS) is 22.6. The van der Waals surface area contributed by atoms with Gasteiger partial charge in [-0.3, -0.25) is 0 Å². The molecule has 0 aromatic heterocycles. The molecule has 1 saturated heterocycles. The van der Waals surface area contributed by atoms with Crippen molar-refractivity contribution in [2.75, 3.05) is 36.9 Å². The molecule has 0 spiro atoms. The molecule has 2 atom stereocenters. The van der Waals surface area contributed by atoms with Crippen LogP contribution in [0.4, 0.5) is 11.4 Å². The van der Waals surface area contributed by atoms with Crippen LogP contribution in [0.3, 0.4) is 0 Å². The fraction of sp³-hybridized carbons (Fsp3) is 0.400. The van der Waals surface area contributed by atoms with E-state index in [1.54, 1.807) is 0 Å². The van der Waals surface area contributed by atoms with E-state index >= 15 is 0 Å². The molecule has 23 heavy (non-hydrogen) atoms. The molecule has 0 unspecified atom stereocenters. The summed E-state index contributed by atoms with van der Waals surface area (Å²) in [5.41, 5.74) is 6.90. The molecule has 2 aromatic carbocycles. The van der Waals surface area contributed by atoms with Crippen LogP contribution >= 0.6 is 0 Å². The van der Waals surface area contributed by atoms with Gasteiger partial charge in [-0.05, 0) is 41.7 Å². The van der Waals surface area contributed by atoms with Gasteiger partial charge in [0.25, 0.3) is 0 Å². The second-order valence-electron chi connectivity index (χ2n) is 6.98. The Hall–Kier alpha value is -2.00. The Bertz CT molecular complexity index is 696. The van der Waals surface area contributed by atoms with Crippen molar-refractivity contribution in [3.63, 3.8) is 0 Å². The van der Waals surface area contributed by atoms with E-state index in [1.807, 2.05) is 0 Å². The van der Waals surface area contributed by atoms with Crippen molar-refractivity contribution in [1.82, 2.24) is 5.32 Å². The summed E-state index contributed by atoms with van der Waals surface area (Å²) in [4.78, 5) is 2.44. The van der Waals surface area contributed by atoms with Gasteiger partial charge in [0.1, 0.15) is 0 Å². The Morgan fingerprint density at radius 3 is 2.83 bits per heavy atom. The summed E-state index contributed by atoms with van der Waals surface area (Å²) < 4.78 is 0. The Morgan fingerprint density at radius 2 is 2.00 bits per heavy atom. The van der Waals surface area contributed by atoms with Crippen molar-refractivity contribution in [3.05, 3.63) is 59.2 Å². The SMILES string of the molecule is Cc1cc(NCc2ccccc2)cc2c1N(C)C[C@H]1CNC[C@@H]21. The molecule has 2 N–H and O–H groups in total. The summed E-state index contributed by atoms with van der Waals surface area (Å²) >= 11 is 0. The van der Waals surface area contributed by atoms with Gasteiger partial charge in [-0.2, -0.15) is 0 Å². The smallest absolute Gasteiger partial charge is 0.0430 e. The van der Waals surface area contributed by atoms with Crippen molar-refractivity contribution >= 4 is 11.4 Å². The van der Waals surface area contributed by atoms with Crippen LogP contribution in [0, 0.1) is 12.8 Å². The lowest BCUT2D eigenvalue weighted by atomic mass is 9.82. The summed E-state index contributed by atoms with van der Waals surface area (Å²) in [6.45, 7) is 6.55. The lowest BCUT2D eigenvalue weighted by Crippen LogP contribution is -2.35. The third-order valence-corrected chi connectivity index (χ3v) is 5.30. The number of fused-ring (bicyclic) bond motifs is 3. The van der Waals surface area contributed by atoms with Crippen molar-refractivity contribution in [1.29, 1.82) is 0 Å². The van der Waals surface area contributed by atoms with Gasteiger partial charge in [0.2, 0.25) is 0 Å². The largest absolute Gasteiger partial charge is 0.381 e. The summed E-state index contributed by atoms with van der Waals surface area (Å²) in [6, 6.07) is 15.3. The lowest BCUT2D eigenvalue weighted by molar-refractivity contribution is 0.496. The molecule has 120 valence electrons. The van der Waals surface area contributed by atoms with E-state index < -0.39 is 0 Å². The highest BCUT2D eigenvalue weighted by Crippen LogP contribution is 2.43. The third-order valence-electron chi connectivity index (χ3n) is 5.30. The highest BCUT2D eigenvalue weighted by molar-refractivity contribution is 5.68. The number of rotatable bonds is 3. The zero-order valence-electron chi connectivity index (χ0n) is 14.0. The molecule has 2 aromatic rings. The van der Waals surface area contributed by atoms with E-state index in [-0.39, 0.29) is 0 Å². The summed E-state index contributed by atoms with van der Waals surface area (Å²) in [5.74, 6) is 1.41. The highest BCUT2D eigenvalue weighted by Gasteiger charge is 2.36. The van der Waals surface area contributed by atoms with Gasteiger partial charge >= 0.3 is 0 Å². The zero-order valence-corrected chi connectivity index (χ0v) is 14.0. The van der Waals surface area contributed by atoms with Crippen LogP contribution < -0.4 is 15.5 Å². The molecule has 0 amide bonds. The van der Waals surface area contributed by atoms with Gasteiger partial charge in [0, 0.05) is 50.5 Å². The average Bonchev–Trinajstić information content (AvgIpc) is 3.02. The van der Waals surface area contributed by atoms with E-state index in [9.17, 15) is 0 Å². The molecule has 1 fully saturated rings. The molecule has 0 bridgehead atoms. The number of nitrogens with zero attached hydrogens (tertiary/aromatic N) is 1. The summed E-state index contributed by atoms with van der Waals surface area (Å²) in [5, 5.41) is 7.18. The monoisotopic (exact) mass is 307 g/mol. The number of nitrogens with one attached hydrogen (secondary N) is 2. The van der Waals surface area contributed by atoms with Crippen molar-refractivity contribution in [3.8, 4) is 0 Å². The molecule has 4 rings (SSSR count). The topological polar surface area (TPSA) is 27.3 Å². The van der Waals surface area contributed by atoms with Crippen LogP contribution in [0.1, 0.15) is 22.6 Å². The zero-order chi connectivity index (χ0) is 15.8. The molecular formula is C20H25N3.